The summed E-state index contributed by atoms with van der Waals surface area (Å²) < 4.78 is 22.1. The van der Waals surface area contributed by atoms with Gasteiger partial charge in [-0.25, -0.2) is 8.42 Å². The SMILES string of the molecule is O=S(=O)(Cl)c1ccc(C2(O)CCNC2)cc1. The van der Waals surface area contributed by atoms with E-state index in [0.717, 1.165) is 6.54 Å². The number of nitrogens with one attached hydrogen (secondary N) is 1. The van der Waals surface area contributed by atoms with Gasteiger partial charge >= 0.3 is 0 Å². The second kappa shape index (κ2) is 4.00. The third-order valence-corrected chi connectivity index (χ3v) is 4.18. The van der Waals surface area contributed by atoms with Gasteiger partial charge in [-0.05, 0) is 30.7 Å². The Bertz CT molecular complexity index is 477. The lowest BCUT2D eigenvalue weighted by molar-refractivity contribution is 0.0587. The number of halogens is 1. The van der Waals surface area contributed by atoms with Crippen LogP contribution in [0.1, 0.15) is 12.0 Å². The predicted octanol–water partition coefficient (Wildman–Crippen LogP) is 0.795. The fourth-order valence-corrected chi connectivity index (χ4v) is 2.62. The summed E-state index contributed by atoms with van der Waals surface area (Å²) in [5.74, 6) is 0. The van der Waals surface area contributed by atoms with Crippen molar-refractivity contribution in [2.45, 2.75) is 16.9 Å². The molecule has 1 atom stereocenters. The molecule has 1 saturated heterocycles. The van der Waals surface area contributed by atoms with E-state index in [1.807, 2.05) is 0 Å². The molecule has 1 aliphatic heterocycles. The van der Waals surface area contributed by atoms with Crippen LogP contribution in [0.3, 0.4) is 0 Å². The van der Waals surface area contributed by atoms with Gasteiger partial charge in [-0.3, -0.25) is 0 Å². The quantitative estimate of drug-likeness (QED) is 0.773. The van der Waals surface area contributed by atoms with Gasteiger partial charge in [0.2, 0.25) is 0 Å². The van der Waals surface area contributed by atoms with Crippen LogP contribution >= 0.6 is 10.7 Å². The summed E-state index contributed by atoms with van der Waals surface area (Å²) in [6, 6.07) is 6.02. The molecular formula is C10H12ClNO3S. The Hall–Kier alpha value is -0.620. The lowest BCUT2D eigenvalue weighted by Crippen LogP contribution is -2.28. The first-order chi connectivity index (χ1) is 7.42. The molecule has 0 aliphatic carbocycles. The summed E-state index contributed by atoms with van der Waals surface area (Å²) in [6.07, 6.45) is 0.625. The van der Waals surface area contributed by atoms with Crippen LogP contribution in [-0.2, 0) is 14.7 Å². The molecule has 1 aromatic rings. The average Bonchev–Trinajstić information content (AvgIpc) is 2.66. The fraction of sp³-hybridized carbons (Fsp3) is 0.400. The molecule has 2 N–H and O–H groups in total. The van der Waals surface area contributed by atoms with Crippen molar-refractivity contribution in [3.63, 3.8) is 0 Å². The zero-order valence-electron chi connectivity index (χ0n) is 8.48. The van der Waals surface area contributed by atoms with Crippen molar-refractivity contribution in [3.05, 3.63) is 29.8 Å². The third-order valence-electron chi connectivity index (χ3n) is 2.81. The van der Waals surface area contributed by atoms with Crippen molar-refractivity contribution in [3.8, 4) is 0 Å². The standard InChI is InChI=1S/C10H12ClNO3S/c11-16(14,15)9-3-1-8(2-4-9)10(13)5-6-12-7-10/h1-4,12-13H,5-7H2. The molecule has 88 valence electrons. The largest absolute Gasteiger partial charge is 0.384 e. The first-order valence-electron chi connectivity index (χ1n) is 4.90. The number of rotatable bonds is 2. The Morgan fingerprint density at radius 2 is 1.94 bits per heavy atom. The van der Waals surface area contributed by atoms with Crippen molar-refractivity contribution in [2.24, 2.45) is 0 Å². The van der Waals surface area contributed by atoms with Crippen molar-refractivity contribution in [1.29, 1.82) is 0 Å². The van der Waals surface area contributed by atoms with Crippen molar-refractivity contribution < 1.29 is 13.5 Å². The summed E-state index contributed by atoms with van der Waals surface area (Å²) >= 11 is 0. The molecule has 1 unspecified atom stereocenters. The second-order valence-electron chi connectivity index (χ2n) is 3.92. The monoisotopic (exact) mass is 261 g/mol. The van der Waals surface area contributed by atoms with E-state index in [9.17, 15) is 13.5 Å². The first-order valence-corrected chi connectivity index (χ1v) is 7.21. The molecule has 0 amide bonds. The van der Waals surface area contributed by atoms with E-state index in [1.165, 1.54) is 12.1 Å². The second-order valence-corrected chi connectivity index (χ2v) is 6.49. The van der Waals surface area contributed by atoms with E-state index in [0.29, 0.717) is 18.5 Å². The number of β-amino-alcohol motifs (C(OH)–C–C–N with tert-alkyl or cyclic N) is 1. The molecule has 0 aromatic heterocycles. The van der Waals surface area contributed by atoms with Crippen LogP contribution in [0, 0.1) is 0 Å². The topological polar surface area (TPSA) is 66.4 Å². The molecule has 4 nitrogen and oxygen atoms in total. The minimum atomic E-state index is -3.69. The molecule has 1 fully saturated rings. The highest BCUT2D eigenvalue weighted by atomic mass is 35.7. The van der Waals surface area contributed by atoms with E-state index in [-0.39, 0.29) is 4.90 Å². The van der Waals surface area contributed by atoms with E-state index in [4.69, 9.17) is 10.7 Å². The molecule has 1 aliphatic rings. The maximum atomic E-state index is 11.0. The van der Waals surface area contributed by atoms with E-state index in [2.05, 4.69) is 5.32 Å². The lowest BCUT2D eigenvalue weighted by Gasteiger charge is -2.21. The summed E-state index contributed by atoms with van der Waals surface area (Å²) in [6.45, 7) is 1.24. The van der Waals surface area contributed by atoms with Gasteiger partial charge in [-0.1, -0.05) is 12.1 Å². The Kier molecular flexibility index (Phi) is 2.96. The Morgan fingerprint density at radius 3 is 2.38 bits per heavy atom. The molecular weight excluding hydrogens is 250 g/mol. The van der Waals surface area contributed by atoms with Gasteiger partial charge in [0.15, 0.2) is 0 Å². The molecule has 0 radical (unpaired) electrons. The summed E-state index contributed by atoms with van der Waals surface area (Å²) in [4.78, 5) is 0.0486. The van der Waals surface area contributed by atoms with Gasteiger partial charge in [-0.2, -0.15) is 0 Å². The van der Waals surface area contributed by atoms with Gasteiger partial charge in [-0.15, -0.1) is 0 Å². The smallest absolute Gasteiger partial charge is 0.261 e. The third kappa shape index (κ3) is 2.22. The zero-order valence-corrected chi connectivity index (χ0v) is 10.1. The van der Waals surface area contributed by atoms with Crippen molar-refractivity contribution >= 4 is 19.7 Å². The number of benzene rings is 1. The van der Waals surface area contributed by atoms with Crippen LogP contribution in [0.25, 0.3) is 0 Å². The fourth-order valence-electron chi connectivity index (χ4n) is 1.85. The van der Waals surface area contributed by atoms with Crippen molar-refractivity contribution in [1.82, 2.24) is 5.32 Å². The van der Waals surface area contributed by atoms with Crippen LogP contribution in [0.4, 0.5) is 0 Å². The number of hydrogen-bond donors (Lipinski definition) is 2. The van der Waals surface area contributed by atoms with Crippen LogP contribution in [0.15, 0.2) is 29.2 Å². The normalized spacial score (nSPS) is 25.9. The van der Waals surface area contributed by atoms with Crippen LogP contribution in [0.5, 0.6) is 0 Å². The highest BCUT2D eigenvalue weighted by molar-refractivity contribution is 8.13. The lowest BCUT2D eigenvalue weighted by atomic mass is 9.93. The van der Waals surface area contributed by atoms with E-state index >= 15 is 0 Å². The van der Waals surface area contributed by atoms with E-state index in [1.54, 1.807) is 12.1 Å². The molecule has 6 heteroatoms. The molecule has 2 rings (SSSR count). The summed E-state index contributed by atoms with van der Waals surface area (Å²) in [5, 5.41) is 13.3. The van der Waals surface area contributed by atoms with Gasteiger partial charge < -0.3 is 10.4 Å². The molecule has 1 aromatic carbocycles. The van der Waals surface area contributed by atoms with Gasteiger partial charge in [0.25, 0.3) is 9.05 Å². The van der Waals surface area contributed by atoms with E-state index < -0.39 is 14.7 Å². The highest BCUT2D eigenvalue weighted by Gasteiger charge is 2.32. The maximum Gasteiger partial charge on any atom is 0.261 e. The molecule has 0 saturated carbocycles. The zero-order chi connectivity index (χ0) is 11.8. The first kappa shape index (κ1) is 11.9. The number of aliphatic hydroxyl groups is 1. The Labute approximate surface area is 98.7 Å². The maximum absolute atomic E-state index is 11.0. The van der Waals surface area contributed by atoms with Gasteiger partial charge in [0, 0.05) is 17.2 Å². The van der Waals surface area contributed by atoms with Crippen molar-refractivity contribution in [2.75, 3.05) is 13.1 Å². The van der Waals surface area contributed by atoms with Crippen LogP contribution in [0.2, 0.25) is 0 Å². The molecule has 0 bridgehead atoms. The van der Waals surface area contributed by atoms with Crippen LogP contribution in [-0.4, -0.2) is 26.6 Å². The number of hydrogen-bond acceptors (Lipinski definition) is 4. The highest BCUT2D eigenvalue weighted by Crippen LogP contribution is 2.28. The minimum absolute atomic E-state index is 0.0486. The van der Waals surface area contributed by atoms with Gasteiger partial charge in [0.05, 0.1) is 4.90 Å². The summed E-state index contributed by atoms with van der Waals surface area (Å²) in [5.41, 5.74) is -0.184. The molecule has 0 spiro atoms. The summed E-state index contributed by atoms with van der Waals surface area (Å²) in [7, 11) is 1.51. The minimum Gasteiger partial charge on any atom is -0.384 e. The average molecular weight is 262 g/mol. The van der Waals surface area contributed by atoms with Gasteiger partial charge in [0.1, 0.15) is 5.60 Å². The van der Waals surface area contributed by atoms with Crippen LogP contribution < -0.4 is 5.32 Å². The molecule has 1 heterocycles. The molecule has 16 heavy (non-hydrogen) atoms. The Balaban J connectivity index is 2.33. The predicted molar refractivity (Wildman–Crippen MR) is 60.9 cm³/mol. The Morgan fingerprint density at radius 1 is 1.31 bits per heavy atom.